The minimum Gasteiger partial charge on any atom is -0.387 e. The second-order valence-corrected chi connectivity index (χ2v) is 4.20. The number of halogens is 1. The van der Waals surface area contributed by atoms with Crippen molar-refractivity contribution in [1.29, 1.82) is 0 Å². The summed E-state index contributed by atoms with van der Waals surface area (Å²) in [6.07, 6.45) is 0. The molecular weight excluding hydrogens is 179 g/mol. The molecule has 2 nitrogen and oxygen atoms in total. The third kappa shape index (κ3) is 2.55. The summed E-state index contributed by atoms with van der Waals surface area (Å²) in [5.74, 6) is 0.0855. The number of amidine groups is 1. The number of benzene rings is 1. The minimum atomic E-state index is -0.347. The number of aliphatic imine (C=N–C) groups is 1. The first-order valence-corrected chi connectivity index (χ1v) is 4.50. The molecule has 1 aromatic rings. The fourth-order valence-electron chi connectivity index (χ4n) is 0.840. The lowest BCUT2D eigenvalue weighted by Crippen LogP contribution is -2.28. The molecule has 3 heteroatoms. The van der Waals surface area contributed by atoms with Crippen LogP contribution in [0, 0.1) is 11.2 Å². The fourth-order valence-corrected chi connectivity index (χ4v) is 0.840. The lowest BCUT2D eigenvalue weighted by molar-refractivity contribution is 0.583. The van der Waals surface area contributed by atoms with Crippen molar-refractivity contribution < 1.29 is 4.39 Å². The first kappa shape index (κ1) is 10.7. The predicted molar refractivity (Wildman–Crippen MR) is 57.1 cm³/mol. The molecule has 2 N–H and O–H groups in total. The van der Waals surface area contributed by atoms with Crippen LogP contribution in [0.1, 0.15) is 20.8 Å². The van der Waals surface area contributed by atoms with Gasteiger partial charge in [0.05, 0.1) is 0 Å². The summed E-state index contributed by atoms with van der Waals surface area (Å²) < 4.78 is 13.2. The summed E-state index contributed by atoms with van der Waals surface area (Å²) in [4.78, 5) is 4.05. The maximum atomic E-state index is 13.2. The van der Waals surface area contributed by atoms with Crippen molar-refractivity contribution in [2.45, 2.75) is 20.8 Å². The molecule has 0 radical (unpaired) electrons. The van der Waals surface area contributed by atoms with Crippen LogP contribution >= 0.6 is 0 Å². The van der Waals surface area contributed by atoms with Gasteiger partial charge in [-0.25, -0.2) is 9.38 Å². The zero-order valence-electron chi connectivity index (χ0n) is 8.71. The summed E-state index contributed by atoms with van der Waals surface area (Å²) >= 11 is 0. The van der Waals surface area contributed by atoms with Crippen molar-refractivity contribution in [2.75, 3.05) is 0 Å². The number of hydrogen-bond donors (Lipinski definition) is 1. The van der Waals surface area contributed by atoms with Crippen LogP contribution in [-0.2, 0) is 0 Å². The third-order valence-corrected chi connectivity index (χ3v) is 1.86. The Labute approximate surface area is 83.7 Å². The maximum Gasteiger partial charge on any atom is 0.148 e. The van der Waals surface area contributed by atoms with Crippen molar-refractivity contribution in [1.82, 2.24) is 0 Å². The average molecular weight is 194 g/mol. The Kier molecular flexibility index (Phi) is 2.89. The van der Waals surface area contributed by atoms with E-state index in [1.165, 1.54) is 6.07 Å². The van der Waals surface area contributed by atoms with E-state index in [1.807, 2.05) is 20.8 Å². The number of rotatable bonds is 1. The van der Waals surface area contributed by atoms with Crippen molar-refractivity contribution in [2.24, 2.45) is 16.1 Å². The van der Waals surface area contributed by atoms with Crippen LogP contribution in [0.5, 0.6) is 0 Å². The van der Waals surface area contributed by atoms with E-state index in [0.717, 1.165) is 0 Å². The largest absolute Gasteiger partial charge is 0.387 e. The first-order chi connectivity index (χ1) is 6.41. The van der Waals surface area contributed by atoms with Crippen molar-refractivity contribution in [3.63, 3.8) is 0 Å². The molecule has 0 amide bonds. The summed E-state index contributed by atoms with van der Waals surface area (Å²) in [7, 11) is 0. The lowest BCUT2D eigenvalue weighted by atomic mass is 9.95. The molecule has 0 aromatic heterocycles. The molecular formula is C11H15FN2. The van der Waals surface area contributed by atoms with E-state index in [2.05, 4.69) is 4.99 Å². The van der Waals surface area contributed by atoms with E-state index in [1.54, 1.807) is 18.2 Å². The lowest BCUT2D eigenvalue weighted by Gasteiger charge is -2.17. The number of nitrogens with zero attached hydrogens (tertiary/aromatic N) is 1. The molecule has 0 unspecified atom stereocenters. The van der Waals surface area contributed by atoms with Gasteiger partial charge in [0.25, 0.3) is 0 Å². The zero-order chi connectivity index (χ0) is 10.8. The second kappa shape index (κ2) is 3.78. The van der Waals surface area contributed by atoms with Gasteiger partial charge in [-0.3, -0.25) is 0 Å². The molecule has 1 rings (SSSR count). The van der Waals surface area contributed by atoms with Crippen molar-refractivity contribution >= 4 is 11.5 Å². The van der Waals surface area contributed by atoms with Gasteiger partial charge in [0, 0.05) is 5.41 Å². The normalized spacial score (nSPS) is 13.0. The van der Waals surface area contributed by atoms with Gasteiger partial charge in [-0.1, -0.05) is 32.9 Å². The van der Waals surface area contributed by atoms with Gasteiger partial charge < -0.3 is 5.73 Å². The van der Waals surface area contributed by atoms with Crippen molar-refractivity contribution in [3.05, 3.63) is 30.1 Å². The molecule has 14 heavy (non-hydrogen) atoms. The molecule has 76 valence electrons. The summed E-state index contributed by atoms with van der Waals surface area (Å²) in [6, 6.07) is 6.34. The second-order valence-electron chi connectivity index (χ2n) is 4.20. The molecule has 0 fully saturated rings. The van der Waals surface area contributed by atoms with Gasteiger partial charge in [0.1, 0.15) is 17.3 Å². The minimum absolute atomic E-state index is 0.234. The topological polar surface area (TPSA) is 38.4 Å². The zero-order valence-corrected chi connectivity index (χ0v) is 8.71. The number of hydrogen-bond acceptors (Lipinski definition) is 1. The van der Waals surface area contributed by atoms with Crippen molar-refractivity contribution in [3.8, 4) is 0 Å². The van der Waals surface area contributed by atoms with Gasteiger partial charge in [0.2, 0.25) is 0 Å². The predicted octanol–water partition coefficient (Wildman–Crippen LogP) is 2.86. The molecule has 0 heterocycles. The Morgan fingerprint density at radius 2 is 1.86 bits per heavy atom. The summed E-state index contributed by atoms with van der Waals surface area (Å²) in [5, 5.41) is 0. The van der Waals surface area contributed by atoms with Gasteiger partial charge in [-0.05, 0) is 12.1 Å². The van der Waals surface area contributed by atoms with Crippen LogP contribution in [-0.4, -0.2) is 5.84 Å². The van der Waals surface area contributed by atoms with E-state index in [0.29, 0.717) is 11.5 Å². The van der Waals surface area contributed by atoms with Crippen LogP contribution in [0.2, 0.25) is 0 Å². The van der Waals surface area contributed by atoms with Gasteiger partial charge in [-0.2, -0.15) is 0 Å². The van der Waals surface area contributed by atoms with Crippen LogP contribution < -0.4 is 5.73 Å². The average Bonchev–Trinajstić information content (AvgIpc) is 2.07. The van der Waals surface area contributed by atoms with Gasteiger partial charge in [0.15, 0.2) is 0 Å². The molecule has 0 aliphatic rings. The Morgan fingerprint density at radius 3 is 2.36 bits per heavy atom. The van der Waals surface area contributed by atoms with E-state index in [-0.39, 0.29) is 11.2 Å². The Bertz CT molecular complexity index is 351. The quantitative estimate of drug-likeness (QED) is 0.541. The fraction of sp³-hybridized carbons (Fsp3) is 0.364. The molecule has 0 saturated carbocycles. The molecule has 1 aromatic carbocycles. The summed E-state index contributed by atoms with van der Waals surface area (Å²) in [5.41, 5.74) is 5.79. The summed E-state index contributed by atoms with van der Waals surface area (Å²) in [6.45, 7) is 5.81. The third-order valence-electron chi connectivity index (χ3n) is 1.86. The molecule has 0 aliphatic heterocycles. The highest BCUT2D eigenvalue weighted by molar-refractivity contribution is 5.87. The van der Waals surface area contributed by atoms with Crippen LogP contribution in [0.25, 0.3) is 0 Å². The molecule has 0 bridgehead atoms. The maximum absolute atomic E-state index is 13.2. The Balaban J connectivity index is 3.04. The van der Waals surface area contributed by atoms with Gasteiger partial charge >= 0.3 is 0 Å². The smallest absolute Gasteiger partial charge is 0.148 e. The highest BCUT2D eigenvalue weighted by Gasteiger charge is 2.15. The Hall–Kier alpha value is -1.38. The van der Waals surface area contributed by atoms with E-state index in [9.17, 15) is 4.39 Å². The van der Waals surface area contributed by atoms with E-state index in [4.69, 9.17) is 5.73 Å². The van der Waals surface area contributed by atoms with E-state index >= 15 is 0 Å². The standard InChI is InChI=1S/C11H15FN2/c1-11(2,3)10(13)14-9-7-5-4-6-8(9)12/h4-7H,1-3H3,(H2,13,14). The molecule has 0 atom stereocenters. The van der Waals surface area contributed by atoms with Crippen LogP contribution in [0.3, 0.4) is 0 Å². The molecule has 0 spiro atoms. The van der Waals surface area contributed by atoms with Crippen LogP contribution in [0.4, 0.5) is 10.1 Å². The Morgan fingerprint density at radius 1 is 1.29 bits per heavy atom. The molecule has 0 saturated heterocycles. The van der Waals surface area contributed by atoms with Gasteiger partial charge in [-0.15, -0.1) is 0 Å². The monoisotopic (exact) mass is 194 g/mol. The molecule has 0 aliphatic carbocycles. The first-order valence-electron chi connectivity index (χ1n) is 4.50. The highest BCUT2D eigenvalue weighted by atomic mass is 19.1. The SMILES string of the molecule is CC(C)(C)C(N)=Nc1ccccc1F. The number of nitrogens with two attached hydrogens (primary N) is 1. The van der Waals surface area contributed by atoms with E-state index < -0.39 is 0 Å². The van der Waals surface area contributed by atoms with Crippen LogP contribution in [0.15, 0.2) is 29.3 Å². The number of para-hydroxylation sites is 1. The highest BCUT2D eigenvalue weighted by Crippen LogP contribution is 2.20.